The van der Waals surface area contributed by atoms with Gasteiger partial charge in [0.2, 0.25) is 0 Å². The molecule has 38 heavy (non-hydrogen) atoms. The summed E-state index contributed by atoms with van der Waals surface area (Å²) in [6, 6.07) is 36.8. The van der Waals surface area contributed by atoms with E-state index in [1.807, 2.05) is 12.1 Å². The van der Waals surface area contributed by atoms with Gasteiger partial charge in [0.1, 0.15) is 0 Å². The fraction of sp³-hybridized carbons (Fsp3) is 0.143. The van der Waals surface area contributed by atoms with E-state index in [9.17, 15) is 0 Å². The summed E-state index contributed by atoms with van der Waals surface area (Å²) in [6.45, 7) is 6.89. The Bertz CT molecular complexity index is 1540. The maximum absolute atomic E-state index is 2.40. The van der Waals surface area contributed by atoms with Gasteiger partial charge in [-0.15, -0.1) is 33.7 Å². The Hall–Kier alpha value is -2.61. The van der Waals surface area contributed by atoms with E-state index in [0.29, 0.717) is 0 Å². The molecule has 5 aromatic carbocycles. The Balaban J connectivity index is 0.000000219. The standard InChI is InChI=1S/C22H21.C13H10.2ClH.Ti/c1-22(2,3)17-13-19(15-8-4-5-9-15)20-12-16-10-6-7-11-18(16)21(20)14-17;1-3-7-12(8-4-1)11-13-9-5-2-6-10-13;;;/h4-8,10-14H,9H2,1-3H3;1-10H;2*1H;/q-1;;;;+2/p-2. The predicted molar refractivity (Wildman–Crippen MR) is 154 cm³/mol. The second kappa shape index (κ2) is 13.0. The Morgan fingerprint density at radius 1 is 0.737 bits per heavy atom. The number of halogens is 2. The minimum atomic E-state index is 0. The average molecular weight is 570 g/mol. The molecule has 0 spiro atoms. The van der Waals surface area contributed by atoms with Crippen LogP contribution in [0.3, 0.4) is 0 Å². The van der Waals surface area contributed by atoms with Crippen LogP contribution < -0.4 is 24.8 Å². The molecular weight excluding hydrogens is 539 g/mol. The molecule has 190 valence electrons. The van der Waals surface area contributed by atoms with Crippen LogP contribution in [0, 0.1) is 0 Å². The van der Waals surface area contributed by atoms with Gasteiger partial charge >= 0.3 is 95.6 Å². The molecule has 3 heteroatoms. The molecule has 0 aromatic heterocycles. The fourth-order valence-corrected chi connectivity index (χ4v) is 5.30. The van der Waals surface area contributed by atoms with E-state index >= 15 is 0 Å². The minimum absolute atomic E-state index is 0. The van der Waals surface area contributed by atoms with Gasteiger partial charge in [-0.3, -0.25) is 0 Å². The molecule has 5 aromatic rings. The molecule has 0 saturated carbocycles. The second-order valence-corrected chi connectivity index (χ2v) is 11.2. The Kier molecular flexibility index (Phi) is 10.2. The number of fused-ring (bicyclic) bond motifs is 3. The molecule has 0 fully saturated rings. The van der Waals surface area contributed by atoms with Crippen molar-refractivity contribution in [3.8, 4) is 0 Å². The van der Waals surface area contributed by atoms with E-state index in [-0.39, 0.29) is 30.2 Å². The molecule has 1 aliphatic carbocycles. The average Bonchev–Trinajstić information content (AvgIpc) is 3.57. The molecule has 1 aliphatic rings. The molecule has 0 atom stereocenters. The van der Waals surface area contributed by atoms with Crippen molar-refractivity contribution in [1.82, 2.24) is 0 Å². The van der Waals surface area contributed by atoms with Crippen molar-refractivity contribution in [1.29, 1.82) is 0 Å². The summed E-state index contributed by atoms with van der Waals surface area (Å²) in [5, 5.41) is 5.50. The molecule has 0 nitrogen and oxygen atoms in total. The molecule has 0 heterocycles. The van der Waals surface area contributed by atoms with E-state index < -0.39 is 0 Å². The Morgan fingerprint density at radius 3 is 1.87 bits per heavy atom. The summed E-state index contributed by atoms with van der Waals surface area (Å²) in [7, 11) is 0. The van der Waals surface area contributed by atoms with E-state index in [4.69, 9.17) is 0 Å². The summed E-state index contributed by atoms with van der Waals surface area (Å²) >= 11 is 2.16. The first kappa shape index (κ1) is 29.9. The summed E-state index contributed by atoms with van der Waals surface area (Å²) in [5.74, 6) is 0. The molecule has 0 amide bonds. The van der Waals surface area contributed by atoms with Gasteiger partial charge in [0.05, 0.1) is 0 Å². The van der Waals surface area contributed by atoms with Gasteiger partial charge in [-0.25, -0.2) is 0 Å². The van der Waals surface area contributed by atoms with Gasteiger partial charge in [-0.1, -0.05) is 86.0 Å². The SMILES string of the molecule is CC(C)(C)c1cc(C2=CC=CC2)c2[cH-]c3ccccc3c2c1.[Cl-].[Cl-].[Ti+2]=[C](c1ccccc1)c1ccccc1. The first-order valence-electron chi connectivity index (χ1n) is 12.6. The van der Waals surface area contributed by atoms with Gasteiger partial charge in [-0.2, -0.15) is 0 Å². The third-order valence-corrected chi connectivity index (χ3v) is 7.74. The van der Waals surface area contributed by atoms with E-state index in [0.717, 1.165) is 6.42 Å². The zero-order valence-corrected chi connectivity index (χ0v) is 25.1. The van der Waals surface area contributed by atoms with Gasteiger partial charge in [0.15, 0.2) is 0 Å². The van der Waals surface area contributed by atoms with E-state index in [2.05, 4.69) is 150 Å². The molecule has 0 radical (unpaired) electrons. The monoisotopic (exact) mass is 569 g/mol. The zero-order valence-electron chi connectivity index (χ0n) is 22.0. The molecular formula is C35H31Cl2Ti-. The quantitative estimate of drug-likeness (QED) is 0.231. The molecule has 0 bridgehead atoms. The Labute approximate surface area is 250 Å². The van der Waals surface area contributed by atoms with E-state index in [1.54, 1.807) is 0 Å². The summed E-state index contributed by atoms with van der Waals surface area (Å²) in [6.07, 6.45) is 7.73. The van der Waals surface area contributed by atoms with Crippen molar-refractivity contribution in [2.75, 3.05) is 0 Å². The number of rotatable bonds is 3. The van der Waals surface area contributed by atoms with Crippen LogP contribution in [0.25, 0.3) is 27.1 Å². The molecule has 0 unspecified atom stereocenters. The maximum atomic E-state index is 2.40. The van der Waals surface area contributed by atoms with Gasteiger partial charge in [0, 0.05) is 0 Å². The van der Waals surface area contributed by atoms with Gasteiger partial charge in [-0.05, 0) is 11.8 Å². The van der Waals surface area contributed by atoms with Crippen LogP contribution in [0.4, 0.5) is 0 Å². The third-order valence-electron chi connectivity index (χ3n) is 6.84. The first-order chi connectivity index (χ1) is 17.4. The number of hydrogen-bond donors (Lipinski definition) is 0. The molecule has 0 aliphatic heterocycles. The Morgan fingerprint density at radius 2 is 1.32 bits per heavy atom. The van der Waals surface area contributed by atoms with Crippen LogP contribution >= 0.6 is 0 Å². The predicted octanol–water partition coefficient (Wildman–Crippen LogP) is 3.16. The second-order valence-electron chi connectivity index (χ2n) is 10.4. The normalized spacial score (nSPS) is 12.3. The van der Waals surface area contributed by atoms with Crippen molar-refractivity contribution in [2.24, 2.45) is 0 Å². The fourth-order valence-electron chi connectivity index (χ4n) is 4.78. The molecule has 6 rings (SSSR count). The summed E-state index contributed by atoms with van der Waals surface area (Å²) in [5.41, 5.74) is 7.00. The zero-order chi connectivity index (χ0) is 25.1. The third kappa shape index (κ3) is 6.51. The van der Waals surface area contributed by atoms with E-state index in [1.165, 1.54) is 53.2 Å². The van der Waals surface area contributed by atoms with Crippen LogP contribution in [-0.4, -0.2) is 3.81 Å². The molecule has 0 N–H and O–H groups in total. The first-order valence-corrected chi connectivity index (χ1v) is 13.4. The van der Waals surface area contributed by atoms with Crippen LogP contribution in [0.2, 0.25) is 0 Å². The number of allylic oxidation sites excluding steroid dienone is 4. The van der Waals surface area contributed by atoms with Gasteiger partial charge < -0.3 is 24.8 Å². The number of hydrogen-bond acceptors (Lipinski definition) is 0. The summed E-state index contributed by atoms with van der Waals surface area (Å²) in [4.78, 5) is 0. The van der Waals surface area contributed by atoms with Crippen molar-refractivity contribution >= 4 is 30.9 Å². The van der Waals surface area contributed by atoms with Crippen molar-refractivity contribution in [3.63, 3.8) is 0 Å². The summed E-state index contributed by atoms with van der Waals surface area (Å²) < 4.78 is 1.33. The van der Waals surface area contributed by atoms with Crippen LogP contribution in [0.5, 0.6) is 0 Å². The van der Waals surface area contributed by atoms with Crippen LogP contribution in [-0.2, 0) is 25.4 Å². The van der Waals surface area contributed by atoms with Crippen LogP contribution in [0.15, 0.2) is 121 Å². The van der Waals surface area contributed by atoms with Crippen molar-refractivity contribution in [2.45, 2.75) is 32.6 Å². The van der Waals surface area contributed by atoms with Crippen molar-refractivity contribution < 1.29 is 44.8 Å². The topological polar surface area (TPSA) is 0 Å². The number of benzene rings is 4. The van der Waals surface area contributed by atoms with Crippen molar-refractivity contribution in [3.05, 3.63) is 144 Å². The van der Waals surface area contributed by atoms with Gasteiger partial charge in [0.25, 0.3) is 0 Å². The van der Waals surface area contributed by atoms with Crippen LogP contribution in [0.1, 0.15) is 49.4 Å². The molecule has 0 saturated heterocycles.